The average Bonchev–Trinajstić information content (AvgIpc) is 2.89. The molecule has 4 N–H and O–H groups in total. The number of thioether (sulfide) groups is 1. The minimum absolute atomic E-state index is 0.279. The Balaban J connectivity index is 2.03. The molecule has 1 unspecified atom stereocenters. The van der Waals surface area contributed by atoms with Gasteiger partial charge in [-0.1, -0.05) is 18.2 Å². The second-order valence-electron chi connectivity index (χ2n) is 4.66. The van der Waals surface area contributed by atoms with Crippen molar-refractivity contribution in [3.8, 4) is 0 Å². The maximum atomic E-state index is 12.1. The topological polar surface area (TPSA) is 89.8 Å². The van der Waals surface area contributed by atoms with Gasteiger partial charge in [-0.3, -0.25) is 4.79 Å². The maximum Gasteiger partial charge on any atom is 0.234 e. The van der Waals surface area contributed by atoms with Crippen LogP contribution in [0.15, 0.2) is 29.2 Å². The van der Waals surface area contributed by atoms with Crippen LogP contribution in [0, 0.1) is 0 Å². The zero-order valence-electron chi connectivity index (χ0n) is 10.4. The largest absolute Gasteiger partial charge is 0.394 e. The number of amides is 1. The van der Waals surface area contributed by atoms with Gasteiger partial charge in [0.05, 0.1) is 25.1 Å². The highest BCUT2D eigenvalue weighted by Crippen LogP contribution is 2.36. The lowest BCUT2D eigenvalue weighted by Crippen LogP contribution is -2.58. The third-order valence-corrected chi connectivity index (χ3v) is 4.55. The molecule has 0 aromatic heterocycles. The third-order valence-electron chi connectivity index (χ3n) is 3.24. The number of hydrogen-bond donors (Lipinski definition) is 4. The standard InChI is InChI=1S/C13H17NO4S/c15-6-13(7-16,8-17)14-12(18)11-5-9-3-1-2-4-10(9)19-11/h1-4,11,15-17H,5-8H2,(H,14,18). The van der Waals surface area contributed by atoms with Gasteiger partial charge in [0.1, 0.15) is 5.54 Å². The monoisotopic (exact) mass is 283 g/mol. The molecule has 0 bridgehead atoms. The van der Waals surface area contributed by atoms with Crippen LogP contribution in [-0.4, -0.2) is 51.8 Å². The molecule has 104 valence electrons. The van der Waals surface area contributed by atoms with Crippen molar-refractivity contribution in [2.75, 3.05) is 19.8 Å². The van der Waals surface area contributed by atoms with Crippen molar-refractivity contribution in [3.63, 3.8) is 0 Å². The first kappa shape index (κ1) is 14.3. The van der Waals surface area contributed by atoms with Gasteiger partial charge in [0.2, 0.25) is 5.91 Å². The highest BCUT2D eigenvalue weighted by atomic mass is 32.2. The molecule has 0 saturated heterocycles. The number of carbonyl (C=O) groups excluding carboxylic acids is 1. The van der Waals surface area contributed by atoms with Gasteiger partial charge in [-0.2, -0.15) is 0 Å². The summed E-state index contributed by atoms with van der Waals surface area (Å²) >= 11 is 1.46. The summed E-state index contributed by atoms with van der Waals surface area (Å²) in [5.41, 5.74) is -0.234. The number of aliphatic hydroxyl groups excluding tert-OH is 3. The summed E-state index contributed by atoms with van der Waals surface area (Å²) in [6.45, 7) is -1.51. The normalized spacial score (nSPS) is 18.2. The van der Waals surface area contributed by atoms with Gasteiger partial charge in [0.15, 0.2) is 0 Å². The lowest BCUT2D eigenvalue weighted by molar-refractivity contribution is -0.124. The molecule has 1 aliphatic rings. The van der Waals surface area contributed by atoms with Crippen molar-refractivity contribution in [3.05, 3.63) is 29.8 Å². The Kier molecular flexibility index (Phi) is 4.46. The van der Waals surface area contributed by atoms with Crippen LogP contribution in [0.3, 0.4) is 0 Å². The first-order valence-corrected chi connectivity index (χ1v) is 6.91. The van der Waals surface area contributed by atoms with E-state index >= 15 is 0 Å². The van der Waals surface area contributed by atoms with E-state index in [0.29, 0.717) is 6.42 Å². The van der Waals surface area contributed by atoms with Gasteiger partial charge in [0, 0.05) is 4.90 Å². The smallest absolute Gasteiger partial charge is 0.234 e. The number of benzene rings is 1. The molecule has 0 saturated carbocycles. The van der Waals surface area contributed by atoms with Crippen LogP contribution < -0.4 is 5.32 Å². The number of fused-ring (bicyclic) bond motifs is 1. The molecule has 0 fully saturated rings. The Hall–Kier alpha value is -1.08. The second-order valence-corrected chi connectivity index (χ2v) is 5.91. The van der Waals surface area contributed by atoms with Crippen LogP contribution in [0.1, 0.15) is 5.56 Å². The molecule has 19 heavy (non-hydrogen) atoms. The van der Waals surface area contributed by atoms with Crippen molar-refractivity contribution in [2.45, 2.75) is 22.1 Å². The Bertz CT molecular complexity index is 428. The molecule has 1 aromatic carbocycles. The van der Waals surface area contributed by atoms with Crippen LogP contribution in [0.25, 0.3) is 0 Å². The van der Waals surface area contributed by atoms with E-state index in [1.54, 1.807) is 0 Å². The molecule has 1 aliphatic heterocycles. The minimum Gasteiger partial charge on any atom is -0.394 e. The molecular weight excluding hydrogens is 266 g/mol. The van der Waals surface area contributed by atoms with Gasteiger partial charge < -0.3 is 20.6 Å². The van der Waals surface area contributed by atoms with Crippen LogP contribution >= 0.6 is 11.8 Å². The van der Waals surface area contributed by atoms with Crippen molar-refractivity contribution >= 4 is 17.7 Å². The Labute approximate surface area is 115 Å². The SMILES string of the molecule is O=C(NC(CO)(CO)CO)C1Cc2ccccc2S1. The summed E-state index contributed by atoms with van der Waals surface area (Å²) < 4.78 is 0. The summed E-state index contributed by atoms with van der Waals surface area (Å²) in [5, 5.41) is 29.9. The van der Waals surface area contributed by atoms with Gasteiger partial charge in [0.25, 0.3) is 0 Å². The first-order chi connectivity index (χ1) is 9.14. The molecule has 0 aliphatic carbocycles. The first-order valence-electron chi connectivity index (χ1n) is 6.03. The maximum absolute atomic E-state index is 12.1. The average molecular weight is 283 g/mol. The molecular formula is C13H17NO4S. The summed E-state index contributed by atoms with van der Waals surface area (Å²) in [6, 6.07) is 7.79. The minimum atomic E-state index is -1.35. The molecule has 6 heteroatoms. The van der Waals surface area contributed by atoms with Crippen LogP contribution in [0.2, 0.25) is 0 Å². The molecule has 0 radical (unpaired) electrons. The number of hydrogen-bond acceptors (Lipinski definition) is 5. The summed E-state index contributed by atoms with van der Waals surface area (Å²) in [6.07, 6.45) is 0.616. The lowest BCUT2D eigenvalue weighted by Gasteiger charge is -2.29. The second kappa shape index (κ2) is 5.92. The van der Waals surface area contributed by atoms with E-state index in [1.165, 1.54) is 11.8 Å². The fraction of sp³-hybridized carbons (Fsp3) is 0.462. The van der Waals surface area contributed by atoms with Crippen LogP contribution in [0.4, 0.5) is 0 Å². The van der Waals surface area contributed by atoms with E-state index in [9.17, 15) is 20.1 Å². The van der Waals surface area contributed by atoms with Gasteiger partial charge >= 0.3 is 0 Å². The number of nitrogens with one attached hydrogen (secondary N) is 1. The molecule has 0 spiro atoms. The molecule has 1 amide bonds. The van der Waals surface area contributed by atoms with E-state index in [4.69, 9.17) is 0 Å². The number of carbonyl (C=O) groups is 1. The predicted molar refractivity (Wildman–Crippen MR) is 71.9 cm³/mol. The van der Waals surface area contributed by atoms with Crippen LogP contribution in [-0.2, 0) is 11.2 Å². The highest BCUT2D eigenvalue weighted by molar-refractivity contribution is 8.01. The summed E-state index contributed by atoms with van der Waals surface area (Å²) in [5.74, 6) is -0.279. The molecule has 1 atom stereocenters. The zero-order valence-corrected chi connectivity index (χ0v) is 11.2. The van der Waals surface area contributed by atoms with Crippen molar-refractivity contribution in [1.29, 1.82) is 0 Å². The number of rotatable bonds is 5. The Morgan fingerprint density at radius 3 is 2.47 bits per heavy atom. The van der Waals surface area contributed by atoms with Crippen molar-refractivity contribution in [1.82, 2.24) is 5.32 Å². The van der Waals surface area contributed by atoms with Gasteiger partial charge in [-0.15, -0.1) is 11.8 Å². The van der Waals surface area contributed by atoms with Crippen molar-refractivity contribution in [2.24, 2.45) is 0 Å². The molecule has 1 heterocycles. The van der Waals surface area contributed by atoms with E-state index in [0.717, 1.165) is 10.5 Å². The fourth-order valence-corrected chi connectivity index (χ4v) is 3.13. The van der Waals surface area contributed by atoms with Gasteiger partial charge in [-0.25, -0.2) is 0 Å². The third kappa shape index (κ3) is 2.92. The van der Waals surface area contributed by atoms with E-state index in [2.05, 4.69) is 5.32 Å². The molecule has 5 nitrogen and oxygen atoms in total. The van der Waals surface area contributed by atoms with E-state index in [-0.39, 0.29) is 11.2 Å². The molecule has 1 aromatic rings. The van der Waals surface area contributed by atoms with Crippen LogP contribution in [0.5, 0.6) is 0 Å². The highest BCUT2D eigenvalue weighted by Gasteiger charge is 2.35. The predicted octanol–water partition coefficient (Wildman–Crippen LogP) is -0.465. The van der Waals surface area contributed by atoms with E-state index in [1.807, 2.05) is 24.3 Å². The van der Waals surface area contributed by atoms with E-state index < -0.39 is 25.4 Å². The quantitative estimate of drug-likeness (QED) is 0.587. The Morgan fingerprint density at radius 2 is 1.89 bits per heavy atom. The van der Waals surface area contributed by atoms with Gasteiger partial charge in [-0.05, 0) is 18.1 Å². The molecule has 2 rings (SSSR count). The Morgan fingerprint density at radius 1 is 1.26 bits per heavy atom. The fourth-order valence-electron chi connectivity index (χ4n) is 1.94. The number of aliphatic hydroxyl groups is 3. The van der Waals surface area contributed by atoms with Crippen molar-refractivity contribution < 1.29 is 20.1 Å². The summed E-state index contributed by atoms with van der Waals surface area (Å²) in [4.78, 5) is 13.2. The summed E-state index contributed by atoms with van der Waals surface area (Å²) in [7, 11) is 0. The lowest BCUT2D eigenvalue weighted by atomic mass is 10.0. The zero-order chi connectivity index (χ0) is 13.9.